The maximum Gasteiger partial charge on any atom is 0.320 e. The highest BCUT2D eigenvalue weighted by Crippen LogP contribution is 2.33. The van der Waals surface area contributed by atoms with Gasteiger partial charge in [0, 0.05) is 58.4 Å². The van der Waals surface area contributed by atoms with Gasteiger partial charge in [-0.3, -0.25) is 10.1 Å². The molecule has 3 saturated heterocycles. The van der Waals surface area contributed by atoms with Crippen LogP contribution in [0.25, 0.3) is 0 Å². The fourth-order valence-corrected chi connectivity index (χ4v) is 6.12. The Bertz CT molecular complexity index is 933. The lowest BCUT2D eigenvalue weighted by atomic mass is 10.2. The summed E-state index contributed by atoms with van der Waals surface area (Å²) in [6, 6.07) is 4.22. The molecule has 31 heavy (non-hydrogen) atoms. The van der Waals surface area contributed by atoms with E-state index in [4.69, 9.17) is 0 Å². The molecule has 0 radical (unpaired) electrons. The van der Waals surface area contributed by atoms with Crippen molar-refractivity contribution < 1.29 is 18.1 Å². The van der Waals surface area contributed by atoms with Crippen LogP contribution in [0.3, 0.4) is 0 Å². The number of benzene rings is 1. The lowest BCUT2D eigenvalue weighted by Gasteiger charge is -2.37. The largest absolute Gasteiger partial charge is 0.362 e. The van der Waals surface area contributed by atoms with Crippen LogP contribution in [0.15, 0.2) is 23.1 Å². The van der Waals surface area contributed by atoms with Gasteiger partial charge in [0.15, 0.2) is 0 Å². The monoisotopic (exact) mass is 451 g/mol. The van der Waals surface area contributed by atoms with E-state index in [1.807, 2.05) is 9.80 Å². The van der Waals surface area contributed by atoms with Crippen molar-refractivity contribution in [3.63, 3.8) is 0 Å². The summed E-state index contributed by atoms with van der Waals surface area (Å²) in [4.78, 5) is 29.3. The van der Waals surface area contributed by atoms with Crippen molar-refractivity contribution in [1.29, 1.82) is 0 Å². The zero-order chi connectivity index (χ0) is 22.0. The van der Waals surface area contributed by atoms with Gasteiger partial charge in [-0.2, -0.15) is 4.31 Å². The van der Waals surface area contributed by atoms with Crippen molar-refractivity contribution in [2.75, 3.05) is 57.3 Å². The second-order valence-corrected chi connectivity index (χ2v) is 10.3. The molecule has 0 bridgehead atoms. The summed E-state index contributed by atoms with van der Waals surface area (Å²) < 4.78 is 27.3. The van der Waals surface area contributed by atoms with Crippen LogP contribution in [-0.2, 0) is 10.0 Å². The molecule has 0 aromatic heterocycles. The lowest BCUT2D eigenvalue weighted by Crippen LogP contribution is -2.52. The Morgan fingerprint density at radius 3 is 2.03 bits per heavy atom. The molecule has 10 nitrogen and oxygen atoms in total. The highest BCUT2D eigenvalue weighted by molar-refractivity contribution is 7.89. The lowest BCUT2D eigenvalue weighted by molar-refractivity contribution is -0.384. The molecule has 170 valence electrons. The molecule has 0 N–H and O–H groups in total. The maximum absolute atomic E-state index is 12.9. The van der Waals surface area contributed by atoms with Crippen LogP contribution in [0.1, 0.15) is 32.1 Å². The molecule has 11 heteroatoms. The molecular formula is C20H29N5O5S. The van der Waals surface area contributed by atoms with E-state index >= 15 is 0 Å². The minimum Gasteiger partial charge on any atom is -0.362 e. The van der Waals surface area contributed by atoms with Crippen molar-refractivity contribution in [2.45, 2.75) is 37.0 Å². The molecule has 0 saturated carbocycles. The van der Waals surface area contributed by atoms with Crippen LogP contribution in [0.4, 0.5) is 16.2 Å². The van der Waals surface area contributed by atoms with Crippen LogP contribution in [0, 0.1) is 10.1 Å². The fourth-order valence-electron chi connectivity index (χ4n) is 4.58. The quantitative estimate of drug-likeness (QED) is 0.513. The van der Waals surface area contributed by atoms with E-state index in [2.05, 4.69) is 0 Å². The van der Waals surface area contributed by atoms with E-state index in [0.717, 1.165) is 45.2 Å². The molecule has 0 spiro atoms. The standard InChI is InChI=1S/C20H29N5O5S/c26-20(22-8-4-5-9-22)23-14-12-21(13-15-23)18-7-6-17(16-19(18)25(27)28)31(29,30)24-10-2-1-3-11-24/h6-7,16H,1-5,8-15H2. The molecule has 3 fully saturated rings. The molecule has 0 unspecified atom stereocenters. The predicted molar refractivity (Wildman–Crippen MR) is 116 cm³/mol. The number of urea groups is 1. The summed E-state index contributed by atoms with van der Waals surface area (Å²) >= 11 is 0. The van der Waals surface area contributed by atoms with E-state index in [1.165, 1.54) is 22.5 Å². The number of hydrogen-bond donors (Lipinski definition) is 0. The van der Waals surface area contributed by atoms with Gasteiger partial charge in [0.05, 0.1) is 9.82 Å². The van der Waals surface area contributed by atoms with Gasteiger partial charge in [0.2, 0.25) is 10.0 Å². The average Bonchev–Trinajstić information content (AvgIpc) is 3.34. The molecule has 0 atom stereocenters. The Labute approximate surface area is 182 Å². The van der Waals surface area contributed by atoms with E-state index in [1.54, 1.807) is 4.90 Å². The molecule has 3 aliphatic rings. The number of sulfonamides is 1. The minimum absolute atomic E-state index is 0.0345. The Hall–Kier alpha value is -2.40. The first-order valence-corrected chi connectivity index (χ1v) is 12.4. The second-order valence-electron chi connectivity index (χ2n) is 8.32. The fraction of sp³-hybridized carbons (Fsp3) is 0.650. The molecule has 0 aliphatic carbocycles. The van der Waals surface area contributed by atoms with Gasteiger partial charge in [-0.05, 0) is 37.8 Å². The van der Waals surface area contributed by atoms with Crippen molar-refractivity contribution in [2.24, 2.45) is 0 Å². The summed E-state index contributed by atoms with van der Waals surface area (Å²) in [7, 11) is -3.74. The molecule has 4 rings (SSSR count). The number of nitrogens with zero attached hydrogens (tertiary/aromatic N) is 5. The number of rotatable bonds is 4. The van der Waals surface area contributed by atoms with Crippen molar-refractivity contribution >= 4 is 27.4 Å². The minimum atomic E-state index is -3.74. The first kappa shape index (κ1) is 21.8. The third kappa shape index (κ3) is 4.47. The molecule has 1 aromatic rings. The first-order valence-electron chi connectivity index (χ1n) is 11.0. The number of hydrogen-bond acceptors (Lipinski definition) is 6. The Morgan fingerprint density at radius 1 is 0.839 bits per heavy atom. The van der Waals surface area contributed by atoms with Crippen LogP contribution in [-0.4, -0.2) is 85.8 Å². The smallest absolute Gasteiger partial charge is 0.320 e. The molecule has 3 aliphatic heterocycles. The van der Waals surface area contributed by atoms with Gasteiger partial charge in [0.1, 0.15) is 5.69 Å². The van der Waals surface area contributed by atoms with Crippen LogP contribution >= 0.6 is 0 Å². The van der Waals surface area contributed by atoms with E-state index in [0.29, 0.717) is 45.0 Å². The zero-order valence-electron chi connectivity index (χ0n) is 17.6. The van der Waals surface area contributed by atoms with Gasteiger partial charge in [-0.25, -0.2) is 13.2 Å². The highest BCUT2D eigenvalue weighted by atomic mass is 32.2. The number of likely N-dealkylation sites (tertiary alicyclic amines) is 1. The number of carbonyl (C=O) groups is 1. The Balaban J connectivity index is 1.50. The predicted octanol–water partition coefficient (Wildman–Crippen LogP) is 2.11. The van der Waals surface area contributed by atoms with Gasteiger partial charge < -0.3 is 14.7 Å². The summed E-state index contributed by atoms with van der Waals surface area (Å²) in [5.74, 6) is 0. The van der Waals surface area contributed by atoms with Crippen molar-refractivity contribution in [3.8, 4) is 0 Å². The number of piperidine rings is 1. The van der Waals surface area contributed by atoms with Gasteiger partial charge in [-0.1, -0.05) is 6.42 Å². The summed E-state index contributed by atoms with van der Waals surface area (Å²) in [6.07, 6.45) is 4.67. The van der Waals surface area contributed by atoms with Gasteiger partial charge in [0.25, 0.3) is 5.69 Å². The molecule has 3 heterocycles. The summed E-state index contributed by atoms with van der Waals surface area (Å²) in [5.41, 5.74) is 0.188. The SMILES string of the molecule is O=C(N1CCCC1)N1CCN(c2ccc(S(=O)(=O)N3CCCCC3)cc2[N+](=O)[O-])CC1. The number of nitro groups is 1. The number of piperazine rings is 1. The van der Waals surface area contributed by atoms with E-state index < -0.39 is 14.9 Å². The second kappa shape index (κ2) is 8.99. The third-order valence-electron chi connectivity index (χ3n) is 6.36. The van der Waals surface area contributed by atoms with Gasteiger partial charge >= 0.3 is 6.03 Å². The Morgan fingerprint density at radius 2 is 1.42 bits per heavy atom. The first-order chi connectivity index (χ1) is 14.9. The van der Waals surface area contributed by atoms with E-state index in [-0.39, 0.29) is 16.6 Å². The van der Waals surface area contributed by atoms with Crippen molar-refractivity contribution in [1.82, 2.24) is 14.1 Å². The zero-order valence-corrected chi connectivity index (χ0v) is 18.4. The normalized spacial score (nSPS) is 20.8. The Kier molecular flexibility index (Phi) is 6.33. The van der Waals surface area contributed by atoms with E-state index in [9.17, 15) is 23.3 Å². The summed E-state index contributed by atoms with van der Waals surface area (Å²) in [5, 5.41) is 11.8. The summed E-state index contributed by atoms with van der Waals surface area (Å²) in [6.45, 7) is 4.39. The average molecular weight is 452 g/mol. The van der Waals surface area contributed by atoms with Crippen LogP contribution in [0.2, 0.25) is 0 Å². The maximum atomic E-state index is 12.9. The van der Waals surface area contributed by atoms with Gasteiger partial charge in [-0.15, -0.1) is 0 Å². The third-order valence-corrected chi connectivity index (χ3v) is 8.26. The highest BCUT2D eigenvalue weighted by Gasteiger charge is 2.32. The molecular weight excluding hydrogens is 422 g/mol. The topological polar surface area (TPSA) is 107 Å². The molecule has 2 amide bonds. The number of carbonyl (C=O) groups excluding carboxylic acids is 1. The number of amides is 2. The van der Waals surface area contributed by atoms with Crippen LogP contribution in [0.5, 0.6) is 0 Å². The van der Waals surface area contributed by atoms with Crippen molar-refractivity contribution in [3.05, 3.63) is 28.3 Å². The number of nitro benzene ring substituents is 1. The molecule has 1 aromatic carbocycles. The van der Waals surface area contributed by atoms with Crippen LogP contribution < -0.4 is 4.90 Å². The number of anilines is 1.